The number of nitro benzene ring substituents is 1. The summed E-state index contributed by atoms with van der Waals surface area (Å²) >= 11 is 0. The van der Waals surface area contributed by atoms with Crippen LogP contribution in [0.4, 0.5) is 5.69 Å². The van der Waals surface area contributed by atoms with E-state index in [9.17, 15) is 24.5 Å². The Bertz CT molecular complexity index is 1020. The van der Waals surface area contributed by atoms with E-state index < -0.39 is 16.9 Å². The van der Waals surface area contributed by atoms with Crippen LogP contribution in [0.15, 0.2) is 42.5 Å². The molecule has 0 heterocycles. The summed E-state index contributed by atoms with van der Waals surface area (Å²) in [5.74, 6) is -2.55. The third-order valence-corrected chi connectivity index (χ3v) is 5.52. The zero-order valence-electron chi connectivity index (χ0n) is 20.0. The zero-order chi connectivity index (χ0) is 26.3. The van der Waals surface area contributed by atoms with Gasteiger partial charge < -0.3 is 19.7 Å². The van der Waals surface area contributed by atoms with Crippen molar-refractivity contribution in [3.05, 3.63) is 69.3 Å². The minimum atomic E-state index is -1.21. The van der Waals surface area contributed by atoms with Gasteiger partial charge in [-0.15, -0.1) is 0 Å². The summed E-state index contributed by atoms with van der Waals surface area (Å²) in [6.07, 6.45) is 7.67. The molecule has 0 fully saturated rings. The second-order valence-corrected chi connectivity index (χ2v) is 8.33. The van der Waals surface area contributed by atoms with E-state index in [2.05, 4.69) is 0 Å². The number of rotatable bonds is 17. The van der Waals surface area contributed by atoms with Gasteiger partial charge in [0.25, 0.3) is 5.69 Å². The normalized spacial score (nSPS) is 10.6. The van der Waals surface area contributed by atoms with E-state index in [0.717, 1.165) is 51.0 Å². The number of aromatic carboxylic acids is 2. The van der Waals surface area contributed by atoms with E-state index in [0.29, 0.717) is 18.6 Å². The SMILES string of the molecule is O=C(CCCCCCCCCCOc1cc(C(=O)O)cc(C(=O)O)c1)OCc1ccccc1[N+](=O)[O-]. The highest BCUT2D eigenvalue weighted by atomic mass is 16.6. The van der Waals surface area contributed by atoms with Crippen molar-refractivity contribution in [1.29, 1.82) is 0 Å². The van der Waals surface area contributed by atoms with Gasteiger partial charge in [0.1, 0.15) is 12.4 Å². The molecular weight excluding hydrogens is 470 g/mol. The fourth-order valence-corrected chi connectivity index (χ4v) is 3.59. The Kier molecular flexibility index (Phi) is 11.9. The summed E-state index contributed by atoms with van der Waals surface area (Å²) in [5, 5.41) is 29.2. The van der Waals surface area contributed by atoms with Gasteiger partial charge in [0.2, 0.25) is 0 Å². The van der Waals surface area contributed by atoms with Crippen LogP contribution in [0.3, 0.4) is 0 Å². The van der Waals surface area contributed by atoms with Gasteiger partial charge in [0.05, 0.1) is 28.2 Å². The Labute approximate surface area is 209 Å². The van der Waals surface area contributed by atoms with Crippen LogP contribution in [0.25, 0.3) is 0 Å². The first-order valence-electron chi connectivity index (χ1n) is 11.9. The van der Waals surface area contributed by atoms with Gasteiger partial charge in [-0.2, -0.15) is 0 Å². The van der Waals surface area contributed by atoms with E-state index in [4.69, 9.17) is 19.7 Å². The van der Waals surface area contributed by atoms with Crippen molar-refractivity contribution >= 4 is 23.6 Å². The third kappa shape index (κ3) is 10.1. The average molecular weight is 502 g/mol. The molecule has 0 bridgehead atoms. The van der Waals surface area contributed by atoms with Crippen LogP contribution < -0.4 is 4.74 Å². The summed E-state index contributed by atoms with van der Waals surface area (Å²) in [6, 6.07) is 9.92. The first-order valence-corrected chi connectivity index (χ1v) is 11.9. The number of hydrogen-bond donors (Lipinski definition) is 2. The van der Waals surface area contributed by atoms with Gasteiger partial charge in [-0.05, 0) is 37.1 Å². The van der Waals surface area contributed by atoms with E-state index in [1.165, 1.54) is 18.2 Å². The maximum absolute atomic E-state index is 11.9. The number of carboxylic acids is 2. The molecule has 10 heteroatoms. The van der Waals surface area contributed by atoms with Crippen LogP contribution in [0.5, 0.6) is 5.75 Å². The Morgan fingerprint density at radius 1 is 0.806 bits per heavy atom. The molecule has 2 rings (SSSR count). The van der Waals surface area contributed by atoms with Crippen molar-refractivity contribution in [2.45, 2.75) is 64.4 Å². The van der Waals surface area contributed by atoms with Crippen LogP contribution >= 0.6 is 0 Å². The highest BCUT2D eigenvalue weighted by Gasteiger charge is 2.14. The summed E-state index contributed by atoms with van der Waals surface area (Å²) in [7, 11) is 0. The van der Waals surface area contributed by atoms with Crippen LogP contribution in [0.1, 0.15) is 84.1 Å². The number of unbranched alkanes of at least 4 members (excludes halogenated alkanes) is 7. The molecule has 0 aliphatic heterocycles. The number of ether oxygens (including phenoxy) is 2. The number of carbonyl (C=O) groups is 3. The molecule has 0 unspecified atom stereocenters. The minimum Gasteiger partial charge on any atom is -0.494 e. The Hall–Kier alpha value is -3.95. The summed E-state index contributed by atoms with van der Waals surface area (Å²) < 4.78 is 10.7. The fourth-order valence-electron chi connectivity index (χ4n) is 3.59. The lowest BCUT2D eigenvalue weighted by molar-refractivity contribution is -0.385. The Morgan fingerprint density at radius 3 is 1.94 bits per heavy atom. The first kappa shape index (κ1) is 28.3. The molecule has 0 aromatic heterocycles. The molecular formula is C26H31NO9. The molecule has 194 valence electrons. The highest BCUT2D eigenvalue weighted by Crippen LogP contribution is 2.20. The van der Waals surface area contributed by atoms with Crippen molar-refractivity contribution in [3.63, 3.8) is 0 Å². The zero-order valence-corrected chi connectivity index (χ0v) is 20.0. The van der Waals surface area contributed by atoms with E-state index in [1.807, 2.05) is 0 Å². The van der Waals surface area contributed by atoms with E-state index >= 15 is 0 Å². The third-order valence-electron chi connectivity index (χ3n) is 5.52. The van der Waals surface area contributed by atoms with E-state index in [-0.39, 0.29) is 41.6 Å². The van der Waals surface area contributed by atoms with Crippen molar-refractivity contribution in [2.75, 3.05) is 6.61 Å². The maximum atomic E-state index is 11.9. The second kappa shape index (κ2) is 15.1. The van der Waals surface area contributed by atoms with Gasteiger partial charge >= 0.3 is 17.9 Å². The number of esters is 1. The number of nitrogens with zero attached hydrogens (tertiary/aromatic N) is 1. The average Bonchev–Trinajstić information content (AvgIpc) is 2.85. The lowest BCUT2D eigenvalue weighted by Crippen LogP contribution is -2.06. The lowest BCUT2D eigenvalue weighted by Gasteiger charge is -2.08. The van der Waals surface area contributed by atoms with Crippen LogP contribution in [0.2, 0.25) is 0 Å². The second-order valence-electron chi connectivity index (χ2n) is 8.33. The molecule has 0 atom stereocenters. The number of carbonyl (C=O) groups excluding carboxylic acids is 1. The maximum Gasteiger partial charge on any atom is 0.335 e. The number of nitro groups is 1. The summed E-state index contributed by atoms with van der Waals surface area (Å²) in [5.41, 5.74) is 0.0632. The van der Waals surface area contributed by atoms with Crippen molar-refractivity contribution < 1.29 is 39.0 Å². The number of para-hydroxylation sites is 1. The predicted molar refractivity (Wildman–Crippen MR) is 130 cm³/mol. The van der Waals surface area contributed by atoms with Crippen LogP contribution in [0, 0.1) is 10.1 Å². The quantitative estimate of drug-likeness (QED) is 0.122. The smallest absolute Gasteiger partial charge is 0.335 e. The molecule has 36 heavy (non-hydrogen) atoms. The lowest BCUT2D eigenvalue weighted by atomic mass is 10.1. The number of carboxylic acid groups (broad SMARTS) is 2. The molecule has 2 aromatic carbocycles. The van der Waals surface area contributed by atoms with Crippen molar-refractivity contribution in [3.8, 4) is 5.75 Å². The number of hydrogen-bond acceptors (Lipinski definition) is 7. The molecule has 10 nitrogen and oxygen atoms in total. The molecule has 0 radical (unpaired) electrons. The topological polar surface area (TPSA) is 153 Å². The molecule has 0 aliphatic rings. The monoisotopic (exact) mass is 501 g/mol. The highest BCUT2D eigenvalue weighted by molar-refractivity contribution is 5.94. The van der Waals surface area contributed by atoms with Crippen molar-refractivity contribution in [2.24, 2.45) is 0 Å². The molecule has 0 amide bonds. The van der Waals surface area contributed by atoms with Gasteiger partial charge in [-0.3, -0.25) is 14.9 Å². The van der Waals surface area contributed by atoms with Gasteiger partial charge in [0.15, 0.2) is 0 Å². The van der Waals surface area contributed by atoms with Gasteiger partial charge in [0, 0.05) is 12.5 Å². The molecule has 2 aromatic rings. The summed E-state index contributed by atoms with van der Waals surface area (Å²) in [6.45, 7) is 0.266. The Morgan fingerprint density at radius 2 is 1.36 bits per heavy atom. The predicted octanol–water partition coefficient (Wildman–Crippen LogP) is 5.62. The van der Waals surface area contributed by atoms with Crippen molar-refractivity contribution in [1.82, 2.24) is 0 Å². The largest absolute Gasteiger partial charge is 0.494 e. The summed E-state index contributed by atoms with van der Waals surface area (Å²) in [4.78, 5) is 44.6. The molecule has 2 N–H and O–H groups in total. The standard InChI is InChI=1S/C26H31NO9/c28-24(36-18-19-11-8-9-12-23(19)27(33)34)13-7-5-3-1-2-4-6-10-14-35-22-16-20(25(29)30)15-21(17-22)26(31)32/h8-9,11-12,15-17H,1-7,10,13-14,18H2,(H,29,30)(H,31,32). The van der Waals surface area contributed by atoms with E-state index in [1.54, 1.807) is 18.2 Å². The minimum absolute atomic E-state index is 0.0587. The molecule has 0 spiro atoms. The van der Waals surface area contributed by atoms with Gasteiger partial charge in [-0.25, -0.2) is 9.59 Å². The first-order chi connectivity index (χ1) is 17.3. The Balaban J connectivity index is 1.50. The molecule has 0 saturated heterocycles. The van der Waals surface area contributed by atoms with Crippen LogP contribution in [-0.4, -0.2) is 39.7 Å². The molecule has 0 aliphatic carbocycles. The number of benzene rings is 2. The molecule has 0 saturated carbocycles. The van der Waals surface area contributed by atoms with Crippen LogP contribution in [-0.2, 0) is 16.1 Å². The fraction of sp³-hybridized carbons (Fsp3) is 0.423. The van der Waals surface area contributed by atoms with Gasteiger partial charge in [-0.1, -0.05) is 50.7 Å².